The van der Waals surface area contributed by atoms with E-state index in [1.807, 2.05) is 39.8 Å². The minimum atomic E-state index is -0.280. The van der Waals surface area contributed by atoms with E-state index in [9.17, 15) is 9.59 Å². The number of nitrogens with one attached hydrogen (secondary N) is 1. The average Bonchev–Trinajstić information content (AvgIpc) is 3.23. The number of thioether (sulfide) groups is 1. The lowest BCUT2D eigenvalue weighted by atomic mass is 10.1. The van der Waals surface area contributed by atoms with Crippen molar-refractivity contribution in [2.45, 2.75) is 50.9 Å². The van der Waals surface area contributed by atoms with Crippen LogP contribution in [0, 0.1) is 6.92 Å². The number of halogens is 1. The molecule has 152 valence electrons. The third kappa shape index (κ3) is 3.67. The molecule has 0 bridgehead atoms. The highest BCUT2D eigenvalue weighted by molar-refractivity contribution is 7.99. The van der Waals surface area contributed by atoms with Crippen LogP contribution in [0.5, 0.6) is 0 Å². The highest BCUT2D eigenvalue weighted by atomic mass is 35.5. The van der Waals surface area contributed by atoms with Gasteiger partial charge in [-0.1, -0.05) is 29.4 Å². The van der Waals surface area contributed by atoms with Crippen LogP contribution in [0.2, 0.25) is 5.02 Å². The molecule has 1 N–H and O–H groups in total. The van der Waals surface area contributed by atoms with Crippen molar-refractivity contribution in [3.05, 3.63) is 45.3 Å². The first-order valence-electron chi connectivity index (χ1n) is 9.34. The maximum Gasteiger partial charge on any atom is 0.265 e. The van der Waals surface area contributed by atoms with Crippen LogP contribution in [0.3, 0.4) is 0 Å². The maximum atomic E-state index is 13.1. The Kier molecular flexibility index (Phi) is 4.94. The SMILES string of the molecule is Cc1ccc(NC(=O)CC2CSc3nc4c(cnn4C(C)(C)C)c(=O)n32)cc1Cl. The predicted octanol–water partition coefficient (Wildman–Crippen LogP) is 3.99. The molecule has 0 spiro atoms. The van der Waals surface area contributed by atoms with Crippen molar-refractivity contribution in [2.24, 2.45) is 0 Å². The van der Waals surface area contributed by atoms with Gasteiger partial charge >= 0.3 is 0 Å². The van der Waals surface area contributed by atoms with Crippen molar-refractivity contribution in [3.8, 4) is 0 Å². The zero-order valence-electron chi connectivity index (χ0n) is 16.7. The van der Waals surface area contributed by atoms with Crippen molar-refractivity contribution in [1.82, 2.24) is 19.3 Å². The van der Waals surface area contributed by atoms with Crippen molar-refractivity contribution in [2.75, 3.05) is 11.1 Å². The molecule has 9 heteroatoms. The normalized spacial score (nSPS) is 16.2. The van der Waals surface area contributed by atoms with E-state index in [4.69, 9.17) is 11.6 Å². The van der Waals surface area contributed by atoms with Gasteiger partial charge in [0.2, 0.25) is 5.91 Å². The lowest BCUT2D eigenvalue weighted by molar-refractivity contribution is -0.116. The summed E-state index contributed by atoms with van der Waals surface area (Å²) in [6.07, 6.45) is 1.75. The molecule has 0 fully saturated rings. The second-order valence-corrected chi connectivity index (χ2v) is 9.61. The molecule has 4 rings (SSSR count). The number of amides is 1. The van der Waals surface area contributed by atoms with Crippen LogP contribution in [0.25, 0.3) is 11.0 Å². The summed E-state index contributed by atoms with van der Waals surface area (Å²) in [5.74, 6) is 0.459. The van der Waals surface area contributed by atoms with Gasteiger partial charge in [0.1, 0.15) is 5.39 Å². The van der Waals surface area contributed by atoms with Gasteiger partial charge in [-0.15, -0.1) is 0 Å². The summed E-state index contributed by atoms with van der Waals surface area (Å²) < 4.78 is 3.40. The molecule has 0 saturated carbocycles. The standard InChI is InChI=1S/C20H22ClN5O2S/c1-11-5-6-12(7-15(11)21)23-16(27)8-13-10-29-19-24-17-14(18(28)25(13)19)9-22-26(17)20(2,3)4/h5-7,9,13H,8,10H2,1-4H3,(H,23,27). The topological polar surface area (TPSA) is 81.8 Å². The Labute approximate surface area is 177 Å². The third-order valence-corrected chi connectivity index (χ3v) is 6.39. The zero-order valence-corrected chi connectivity index (χ0v) is 18.3. The molecule has 29 heavy (non-hydrogen) atoms. The highest BCUT2D eigenvalue weighted by Gasteiger charge is 2.30. The first kappa shape index (κ1) is 20.0. The molecule has 7 nitrogen and oxygen atoms in total. The van der Waals surface area contributed by atoms with Crippen LogP contribution in [-0.2, 0) is 10.3 Å². The fraction of sp³-hybridized carbons (Fsp3) is 0.400. The van der Waals surface area contributed by atoms with Gasteiger partial charge in [-0.25, -0.2) is 9.67 Å². The molecule has 3 heterocycles. The molecule has 2 aromatic heterocycles. The van der Waals surface area contributed by atoms with Gasteiger partial charge in [-0.05, 0) is 45.4 Å². The molecule has 0 aliphatic carbocycles. The molecular formula is C20H22ClN5O2S. The van der Waals surface area contributed by atoms with Gasteiger partial charge in [0.15, 0.2) is 10.8 Å². The number of carbonyl (C=O) groups excluding carboxylic acids is 1. The number of aryl methyl sites for hydroxylation is 1. The smallest absolute Gasteiger partial charge is 0.265 e. The summed E-state index contributed by atoms with van der Waals surface area (Å²) in [4.78, 5) is 30.4. The Bertz CT molecular complexity index is 1180. The summed E-state index contributed by atoms with van der Waals surface area (Å²) in [5.41, 5.74) is 1.74. The Balaban J connectivity index is 1.60. The van der Waals surface area contributed by atoms with E-state index in [0.717, 1.165) is 5.56 Å². The number of carbonyl (C=O) groups is 1. The van der Waals surface area contributed by atoms with Crippen LogP contribution >= 0.6 is 23.4 Å². The quantitative estimate of drug-likeness (QED) is 0.634. The van der Waals surface area contributed by atoms with Crippen LogP contribution < -0.4 is 10.9 Å². The largest absolute Gasteiger partial charge is 0.326 e. The van der Waals surface area contributed by atoms with Gasteiger partial charge in [-0.3, -0.25) is 14.2 Å². The predicted molar refractivity (Wildman–Crippen MR) is 116 cm³/mol. The molecular weight excluding hydrogens is 410 g/mol. The number of hydrogen-bond donors (Lipinski definition) is 1. The number of aromatic nitrogens is 4. The summed E-state index contributed by atoms with van der Waals surface area (Å²) in [7, 11) is 0. The molecule has 1 amide bonds. The van der Waals surface area contributed by atoms with E-state index >= 15 is 0 Å². The third-order valence-electron chi connectivity index (χ3n) is 4.88. The van der Waals surface area contributed by atoms with E-state index < -0.39 is 0 Å². The van der Waals surface area contributed by atoms with Gasteiger partial charge in [-0.2, -0.15) is 5.10 Å². The van der Waals surface area contributed by atoms with Gasteiger partial charge in [0.05, 0.1) is 17.8 Å². The summed E-state index contributed by atoms with van der Waals surface area (Å²) in [5, 5.41) is 8.93. The minimum Gasteiger partial charge on any atom is -0.326 e. The molecule has 1 unspecified atom stereocenters. The minimum absolute atomic E-state index is 0.151. The van der Waals surface area contributed by atoms with Crippen molar-refractivity contribution in [3.63, 3.8) is 0 Å². The lowest BCUT2D eigenvalue weighted by Gasteiger charge is -2.20. The van der Waals surface area contributed by atoms with Crippen LogP contribution in [0.15, 0.2) is 34.3 Å². The van der Waals surface area contributed by atoms with Gasteiger partial charge in [0, 0.05) is 22.9 Å². The molecule has 1 aliphatic heterocycles. The van der Waals surface area contributed by atoms with Crippen LogP contribution in [-0.4, -0.2) is 31.0 Å². The van der Waals surface area contributed by atoms with Crippen LogP contribution in [0.4, 0.5) is 5.69 Å². The van der Waals surface area contributed by atoms with Gasteiger partial charge < -0.3 is 5.32 Å². The molecule has 1 atom stereocenters. The monoisotopic (exact) mass is 431 g/mol. The van der Waals surface area contributed by atoms with Crippen molar-refractivity contribution in [1.29, 1.82) is 0 Å². The fourth-order valence-electron chi connectivity index (χ4n) is 3.37. The van der Waals surface area contributed by atoms with E-state index in [-0.39, 0.29) is 29.5 Å². The van der Waals surface area contributed by atoms with E-state index in [1.54, 1.807) is 21.5 Å². The van der Waals surface area contributed by atoms with E-state index in [0.29, 0.717) is 32.7 Å². The number of fused-ring (bicyclic) bond motifs is 2. The van der Waals surface area contributed by atoms with Gasteiger partial charge in [0.25, 0.3) is 5.56 Å². The van der Waals surface area contributed by atoms with Crippen LogP contribution in [0.1, 0.15) is 38.8 Å². The van der Waals surface area contributed by atoms with E-state index in [2.05, 4.69) is 15.4 Å². The summed E-state index contributed by atoms with van der Waals surface area (Å²) in [6.45, 7) is 7.96. The average molecular weight is 432 g/mol. The lowest BCUT2D eigenvalue weighted by Crippen LogP contribution is -2.29. The molecule has 1 aliphatic rings. The summed E-state index contributed by atoms with van der Waals surface area (Å²) in [6, 6.07) is 5.15. The van der Waals surface area contributed by atoms with E-state index in [1.165, 1.54) is 11.8 Å². The highest BCUT2D eigenvalue weighted by Crippen LogP contribution is 2.34. The molecule has 0 saturated heterocycles. The van der Waals surface area contributed by atoms with Crippen molar-refractivity contribution >= 4 is 46.0 Å². The molecule has 0 radical (unpaired) electrons. The molecule has 3 aromatic rings. The fourth-order valence-corrected chi connectivity index (χ4v) is 4.68. The number of rotatable bonds is 3. The second kappa shape index (κ2) is 7.18. The Hall–Kier alpha value is -2.32. The number of hydrogen-bond acceptors (Lipinski definition) is 5. The number of nitrogens with zero attached hydrogens (tertiary/aromatic N) is 4. The second-order valence-electron chi connectivity index (χ2n) is 8.22. The zero-order chi connectivity index (χ0) is 20.9. The first-order valence-corrected chi connectivity index (χ1v) is 10.7. The Morgan fingerprint density at radius 2 is 2.14 bits per heavy atom. The number of anilines is 1. The Morgan fingerprint density at radius 1 is 1.38 bits per heavy atom. The van der Waals surface area contributed by atoms with Crippen molar-refractivity contribution < 1.29 is 4.79 Å². The molecule has 1 aromatic carbocycles. The summed E-state index contributed by atoms with van der Waals surface area (Å²) >= 11 is 7.62. The first-order chi connectivity index (χ1) is 13.6. The Morgan fingerprint density at radius 3 is 2.83 bits per heavy atom. The maximum absolute atomic E-state index is 13.1. The number of benzene rings is 1.